The van der Waals surface area contributed by atoms with Crippen molar-refractivity contribution in [2.45, 2.75) is 13.5 Å². The minimum Gasteiger partial charge on any atom is -0.380 e. The van der Waals surface area contributed by atoms with E-state index < -0.39 is 0 Å². The number of nitrogens with one attached hydrogen (secondary N) is 1. The molecule has 0 unspecified atom stereocenters. The molecule has 1 aromatic carbocycles. The largest absolute Gasteiger partial charge is 0.380 e. The zero-order chi connectivity index (χ0) is 12.3. The number of anilines is 1. The summed E-state index contributed by atoms with van der Waals surface area (Å²) in [6.45, 7) is 2.66. The van der Waals surface area contributed by atoms with Gasteiger partial charge in [0.2, 0.25) is 0 Å². The molecular weight excluding hydrogens is 255 g/mol. The van der Waals surface area contributed by atoms with Gasteiger partial charge in [0, 0.05) is 29.0 Å². The second kappa shape index (κ2) is 5.39. The van der Waals surface area contributed by atoms with Crippen LogP contribution in [0.25, 0.3) is 0 Å². The SMILES string of the molecule is Cc1cncc(NCc2ccc(Cl)cc2Cl)c1. The van der Waals surface area contributed by atoms with E-state index >= 15 is 0 Å². The molecule has 0 saturated heterocycles. The molecule has 0 saturated carbocycles. The molecule has 0 atom stereocenters. The molecule has 2 aromatic rings. The van der Waals surface area contributed by atoms with Crippen molar-refractivity contribution in [1.29, 1.82) is 0 Å². The first kappa shape index (κ1) is 12.2. The van der Waals surface area contributed by atoms with Gasteiger partial charge in [0.25, 0.3) is 0 Å². The van der Waals surface area contributed by atoms with Gasteiger partial charge in [0.1, 0.15) is 0 Å². The molecule has 1 aromatic heterocycles. The Balaban J connectivity index is 2.07. The summed E-state index contributed by atoms with van der Waals surface area (Å²) in [6.07, 6.45) is 3.61. The van der Waals surface area contributed by atoms with Crippen molar-refractivity contribution in [2.75, 3.05) is 5.32 Å². The highest BCUT2D eigenvalue weighted by molar-refractivity contribution is 6.35. The van der Waals surface area contributed by atoms with E-state index in [2.05, 4.69) is 10.3 Å². The van der Waals surface area contributed by atoms with Crippen LogP contribution in [0.1, 0.15) is 11.1 Å². The number of aromatic nitrogens is 1. The first-order chi connectivity index (χ1) is 8.15. The lowest BCUT2D eigenvalue weighted by Gasteiger charge is -2.08. The molecule has 2 rings (SSSR count). The van der Waals surface area contributed by atoms with Crippen LogP contribution in [0.15, 0.2) is 36.7 Å². The fourth-order valence-electron chi connectivity index (χ4n) is 1.51. The van der Waals surface area contributed by atoms with E-state index in [4.69, 9.17) is 23.2 Å². The van der Waals surface area contributed by atoms with Gasteiger partial charge in [-0.2, -0.15) is 0 Å². The summed E-state index contributed by atoms with van der Waals surface area (Å²) < 4.78 is 0. The Morgan fingerprint density at radius 2 is 2.00 bits per heavy atom. The highest BCUT2D eigenvalue weighted by atomic mass is 35.5. The summed E-state index contributed by atoms with van der Waals surface area (Å²) in [7, 11) is 0. The zero-order valence-electron chi connectivity index (χ0n) is 9.37. The molecule has 0 amide bonds. The summed E-state index contributed by atoms with van der Waals surface area (Å²) in [5.74, 6) is 0. The van der Waals surface area contributed by atoms with Crippen molar-refractivity contribution in [3.63, 3.8) is 0 Å². The van der Waals surface area contributed by atoms with Crippen molar-refractivity contribution in [3.05, 3.63) is 57.8 Å². The smallest absolute Gasteiger partial charge is 0.0532 e. The number of halogens is 2. The van der Waals surface area contributed by atoms with Gasteiger partial charge in [-0.05, 0) is 36.2 Å². The van der Waals surface area contributed by atoms with Crippen LogP contribution in [0.3, 0.4) is 0 Å². The number of rotatable bonds is 3. The summed E-state index contributed by atoms with van der Waals surface area (Å²) >= 11 is 11.9. The molecular formula is C13H12Cl2N2. The molecule has 2 nitrogen and oxygen atoms in total. The molecule has 0 fully saturated rings. The average Bonchev–Trinajstić information content (AvgIpc) is 2.28. The number of nitrogens with zero attached hydrogens (tertiary/aromatic N) is 1. The maximum absolute atomic E-state index is 6.09. The van der Waals surface area contributed by atoms with E-state index in [9.17, 15) is 0 Å². The molecule has 0 aliphatic heterocycles. The van der Waals surface area contributed by atoms with Gasteiger partial charge in [-0.1, -0.05) is 29.3 Å². The molecule has 0 bridgehead atoms. The second-order valence-electron chi connectivity index (χ2n) is 3.84. The van der Waals surface area contributed by atoms with Crippen LogP contribution in [0.4, 0.5) is 5.69 Å². The lowest BCUT2D eigenvalue weighted by Crippen LogP contribution is -2.00. The Morgan fingerprint density at radius 1 is 1.18 bits per heavy atom. The van der Waals surface area contributed by atoms with E-state index in [1.54, 1.807) is 12.3 Å². The summed E-state index contributed by atoms with van der Waals surface area (Å²) in [4.78, 5) is 4.12. The lowest BCUT2D eigenvalue weighted by molar-refractivity contribution is 1.13. The molecule has 0 aliphatic carbocycles. The summed E-state index contributed by atoms with van der Waals surface area (Å²) in [5, 5.41) is 4.59. The maximum Gasteiger partial charge on any atom is 0.0532 e. The van der Waals surface area contributed by atoms with E-state index in [1.165, 1.54) is 0 Å². The fourth-order valence-corrected chi connectivity index (χ4v) is 1.99. The molecule has 1 heterocycles. The Bertz CT molecular complexity index is 527. The molecule has 17 heavy (non-hydrogen) atoms. The lowest BCUT2D eigenvalue weighted by atomic mass is 10.2. The Labute approximate surface area is 111 Å². The number of hydrogen-bond acceptors (Lipinski definition) is 2. The van der Waals surface area contributed by atoms with Crippen molar-refractivity contribution in [1.82, 2.24) is 4.98 Å². The second-order valence-corrected chi connectivity index (χ2v) is 4.68. The van der Waals surface area contributed by atoms with E-state index in [-0.39, 0.29) is 0 Å². The zero-order valence-corrected chi connectivity index (χ0v) is 10.9. The van der Waals surface area contributed by atoms with Crippen LogP contribution in [-0.4, -0.2) is 4.98 Å². The fraction of sp³-hybridized carbons (Fsp3) is 0.154. The number of benzene rings is 1. The molecule has 0 spiro atoms. The minimum absolute atomic E-state index is 0.649. The van der Waals surface area contributed by atoms with Crippen LogP contribution in [0.5, 0.6) is 0 Å². The third-order valence-corrected chi connectivity index (χ3v) is 2.96. The highest BCUT2D eigenvalue weighted by Gasteiger charge is 2.01. The van der Waals surface area contributed by atoms with Crippen LogP contribution in [0, 0.1) is 6.92 Å². The normalized spacial score (nSPS) is 10.3. The molecule has 88 valence electrons. The van der Waals surface area contributed by atoms with Gasteiger partial charge >= 0.3 is 0 Å². The summed E-state index contributed by atoms with van der Waals surface area (Å²) in [6, 6.07) is 7.53. The molecule has 4 heteroatoms. The number of hydrogen-bond donors (Lipinski definition) is 1. The Morgan fingerprint density at radius 3 is 2.71 bits per heavy atom. The standard InChI is InChI=1S/C13H12Cl2N2/c1-9-4-12(8-16-6-9)17-7-10-2-3-11(14)5-13(10)15/h2-6,8,17H,7H2,1H3. The average molecular weight is 267 g/mol. The first-order valence-corrected chi connectivity index (χ1v) is 6.00. The first-order valence-electron chi connectivity index (χ1n) is 5.24. The Hall–Kier alpha value is -1.25. The molecule has 0 radical (unpaired) electrons. The predicted molar refractivity (Wildman–Crippen MR) is 72.8 cm³/mol. The van der Waals surface area contributed by atoms with Gasteiger partial charge < -0.3 is 5.32 Å². The highest BCUT2D eigenvalue weighted by Crippen LogP contribution is 2.21. The van der Waals surface area contributed by atoms with Gasteiger partial charge in [-0.25, -0.2) is 0 Å². The van der Waals surface area contributed by atoms with Crippen molar-refractivity contribution in [2.24, 2.45) is 0 Å². The predicted octanol–water partition coefficient (Wildman–Crippen LogP) is 4.31. The summed E-state index contributed by atoms with van der Waals surface area (Å²) in [5.41, 5.74) is 3.12. The monoisotopic (exact) mass is 266 g/mol. The van der Waals surface area contributed by atoms with Crippen molar-refractivity contribution in [3.8, 4) is 0 Å². The van der Waals surface area contributed by atoms with E-state index in [1.807, 2.05) is 31.3 Å². The topological polar surface area (TPSA) is 24.9 Å². The van der Waals surface area contributed by atoms with Gasteiger partial charge in [0.15, 0.2) is 0 Å². The quantitative estimate of drug-likeness (QED) is 0.896. The molecule has 1 N–H and O–H groups in total. The van der Waals surface area contributed by atoms with E-state index in [0.717, 1.165) is 16.8 Å². The minimum atomic E-state index is 0.649. The van der Waals surface area contributed by atoms with Crippen LogP contribution in [-0.2, 0) is 6.54 Å². The maximum atomic E-state index is 6.09. The van der Waals surface area contributed by atoms with Crippen LogP contribution < -0.4 is 5.32 Å². The van der Waals surface area contributed by atoms with Crippen LogP contribution in [0.2, 0.25) is 10.0 Å². The van der Waals surface area contributed by atoms with Gasteiger partial charge in [-0.3, -0.25) is 4.98 Å². The van der Waals surface area contributed by atoms with Crippen molar-refractivity contribution < 1.29 is 0 Å². The Kier molecular flexibility index (Phi) is 3.87. The molecule has 0 aliphatic rings. The van der Waals surface area contributed by atoms with Gasteiger partial charge in [0.05, 0.1) is 5.69 Å². The van der Waals surface area contributed by atoms with E-state index in [0.29, 0.717) is 16.6 Å². The van der Waals surface area contributed by atoms with Gasteiger partial charge in [-0.15, -0.1) is 0 Å². The van der Waals surface area contributed by atoms with Crippen LogP contribution >= 0.6 is 23.2 Å². The number of aryl methyl sites for hydroxylation is 1. The third kappa shape index (κ3) is 3.35. The van der Waals surface area contributed by atoms with Crippen molar-refractivity contribution >= 4 is 28.9 Å². The number of pyridine rings is 1. The third-order valence-electron chi connectivity index (χ3n) is 2.37.